The van der Waals surface area contributed by atoms with Crippen molar-refractivity contribution in [3.63, 3.8) is 0 Å². The summed E-state index contributed by atoms with van der Waals surface area (Å²) < 4.78 is 0. The molecule has 3 N–H and O–H groups in total. The van der Waals surface area contributed by atoms with Gasteiger partial charge in [0.15, 0.2) is 0 Å². The Bertz CT molecular complexity index is 855. The summed E-state index contributed by atoms with van der Waals surface area (Å²) in [7, 11) is 0. The number of amides is 2. The molecule has 1 aliphatic rings. The van der Waals surface area contributed by atoms with E-state index in [1.807, 2.05) is 19.1 Å². The minimum absolute atomic E-state index is 0.0264. The number of hydrogen-bond acceptors (Lipinski definition) is 3. The van der Waals surface area contributed by atoms with E-state index in [-0.39, 0.29) is 11.9 Å². The van der Waals surface area contributed by atoms with Crippen LogP contribution in [0.15, 0.2) is 48.5 Å². The molecule has 2 aromatic carbocycles. The van der Waals surface area contributed by atoms with Crippen molar-refractivity contribution in [1.82, 2.24) is 10.2 Å². The predicted molar refractivity (Wildman–Crippen MR) is 120 cm³/mol. The fourth-order valence-corrected chi connectivity index (χ4v) is 3.73. The van der Waals surface area contributed by atoms with Gasteiger partial charge in [-0.3, -0.25) is 14.5 Å². The van der Waals surface area contributed by atoms with E-state index in [1.54, 1.807) is 12.1 Å². The molecular formula is C25H33N3O2. The lowest BCUT2D eigenvalue weighted by molar-refractivity contribution is -0.123. The number of nitrogens with zero attached hydrogens (tertiary/aromatic N) is 1. The van der Waals surface area contributed by atoms with Crippen molar-refractivity contribution < 1.29 is 9.59 Å². The lowest BCUT2D eigenvalue weighted by atomic mass is 10.00. The summed E-state index contributed by atoms with van der Waals surface area (Å²) >= 11 is 0. The molecule has 160 valence electrons. The Labute approximate surface area is 179 Å². The highest BCUT2D eigenvalue weighted by molar-refractivity contribution is 5.92. The molecule has 0 heterocycles. The number of carbonyl (C=O) groups excluding carboxylic acids is 2. The SMILES string of the molecule is CC(C)Cc1ccc(C(C)NC(=O)CN(Cc2ccc(C(N)=O)cc2)C2CC2)cc1. The maximum atomic E-state index is 12.7. The summed E-state index contributed by atoms with van der Waals surface area (Å²) in [4.78, 5) is 26.2. The lowest BCUT2D eigenvalue weighted by Gasteiger charge is -2.23. The summed E-state index contributed by atoms with van der Waals surface area (Å²) in [5, 5.41) is 3.14. The zero-order chi connectivity index (χ0) is 21.7. The molecule has 5 heteroatoms. The smallest absolute Gasteiger partial charge is 0.248 e. The molecule has 2 amide bonds. The summed E-state index contributed by atoms with van der Waals surface area (Å²) in [5.74, 6) is 0.244. The Morgan fingerprint density at radius 2 is 1.60 bits per heavy atom. The fraction of sp³-hybridized carbons (Fsp3) is 0.440. The number of primary amides is 1. The van der Waals surface area contributed by atoms with E-state index in [9.17, 15) is 9.59 Å². The van der Waals surface area contributed by atoms with E-state index in [0.29, 0.717) is 30.6 Å². The summed E-state index contributed by atoms with van der Waals surface area (Å²) in [6, 6.07) is 16.3. The molecule has 1 atom stereocenters. The molecule has 0 spiro atoms. The van der Waals surface area contributed by atoms with Crippen molar-refractivity contribution in [2.24, 2.45) is 11.7 Å². The number of hydrogen-bond donors (Lipinski definition) is 2. The number of rotatable bonds is 10. The molecule has 0 aromatic heterocycles. The van der Waals surface area contributed by atoms with E-state index >= 15 is 0 Å². The molecule has 0 radical (unpaired) electrons. The van der Waals surface area contributed by atoms with Crippen LogP contribution < -0.4 is 11.1 Å². The van der Waals surface area contributed by atoms with Crippen molar-refractivity contribution >= 4 is 11.8 Å². The first-order chi connectivity index (χ1) is 14.3. The topological polar surface area (TPSA) is 75.4 Å². The molecule has 0 bridgehead atoms. The van der Waals surface area contributed by atoms with Crippen LogP contribution in [0.4, 0.5) is 0 Å². The second kappa shape index (κ2) is 9.90. The van der Waals surface area contributed by atoms with Gasteiger partial charge in [-0.2, -0.15) is 0 Å². The molecule has 2 aromatic rings. The van der Waals surface area contributed by atoms with Crippen molar-refractivity contribution in [3.05, 3.63) is 70.8 Å². The zero-order valence-electron chi connectivity index (χ0n) is 18.2. The van der Waals surface area contributed by atoms with E-state index < -0.39 is 5.91 Å². The quantitative estimate of drug-likeness (QED) is 0.629. The Hall–Kier alpha value is -2.66. The number of benzene rings is 2. The molecule has 1 aliphatic carbocycles. The maximum absolute atomic E-state index is 12.7. The average Bonchev–Trinajstić information content (AvgIpc) is 3.53. The standard InChI is InChI=1S/C25H33N3O2/c1-17(2)14-19-4-8-21(9-5-19)18(3)27-24(29)16-28(23-12-13-23)15-20-6-10-22(11-7-20)25(26)30/h4-11,17-18,23H,12-16H2,1-3H3,(H2,26,30)(H,27,29). The van der Waals surface area contributed by atoms with E-state index in [0.717, 1.165) is 30.4 Å². The highest BCUT2D eigenvalue weighted by atomic mass is 16.2. The lowest BCUT2D eigenvalue weighted by Crippen LogP contribution is -2.39. The van der Waals surface area contributed by atoms with Crippen LogP contribution in [0.3, 0.4) is 0 Å². The van der Waals surface area contributed by atoms with Gasteiger partial charge in [0.05, 0.1) is 12.6 Å². The van der Waals surface area contributed by atoms with Crippen LogP contribution in [-0.2, 0) is 17.8 Å². The maximum Gasteiger partial charge on any atom is 0.248 e. The summed E-state index contributed by atoms with van der Waals surface area (Å²) in [6.07, 6.45) is 3.32. The fourth-order valence-electron chi connectivity index (χ4n) is 3.73. The van der Waals surface area contributed by atoms with Crippen LogP contribution in [0.25, 0.3) is 0 Å². The third kappa shape index (κ3) is 6.42. The second-order valence-corrected chi connectivity index (χ2v) is 8.83. The molecule has 3 rings (SSSR count). The van der Waals surface area contributed by atoms with Gasteiger partial charge in [-0.05, 0) is 60.9 Å². The number of carbonyl (C=O) groups is 2. The highest BCUT2D eigenvalue weighted by Gasteiger charge is 2.30. The van der Waals surface area contributed by atoms with Gasteiger partial charge in [0.2, 0.25) is 11.8 Å². The Morgan fingerprint density at radius 1 is 1.00 bits per heavy atom. The van der Waals surface area contributed by atoms with Crippen molar-refractivity contribution in [2.75, 3.05) is 6.54 Å². The largest absolute Gasteiger partial charge is 0.366 e. The predicted octanol–water partition coefficient (Wildman–Crippen LogP) is 3.83. The van der Waals surface area contributed by atoms with Crippen LogP contribution in [0.1, 0.15) is 66.7 Å². The first-order valence-electron chi connectivity index (χ1n) is 10.8. The third-order valence-corrected chi connectivity index (χ3v) is 5.54. The van der Waals surface area contributed by atoms with Crippen molar-refractivity contribution in [2.45, 2.75) is 58.7 Å². The monoisotopic (exact) mass is 407 g/mol. The van der Waals surface area contributed by atoms with Crippen molar-refractivity contribution in [1.29, 1.82) is 0 Å². The first-order valence-corrected chi connectivity index (χ1v) is 10.8. The van der Waals surface area contributed by atoms with Crippen LogP contribution in [0.2, 0.25) is 0 Å². The molecule has 0 saturated heterocycles. The van der Waals surface area contributed by atoms with Crippen molar-refractivity contribution in [3.8, 4) is 0 Å². The van der Waals surface area contributed by atoms with Crippen LogP contribution >= 0.6 is 0 Å². The van der Waals surface area contributed by atoms with Gasteiger partial charge >= 0.3 is 0 Å². The molecule has 1 fully saturated rings. The number of nitrogens with two attached hydrogens (primary N) is 1. The van der Waals surface area contributed by atoms with E-state index in [2.05, 4.69) is 48.3 Å². The van der Waals surface area contributed by atoms with Gasteiger partial charge in [0.1, 0.15) is 0 Å². The van der Waals surface area contributed by atoms with Gasteiger partial charge in [-0.25, -0.2) is 0 Å². The Kier molecular flexibility index (Phi) is 7.27. The molecule has 1 saturated carbocycles. The van der Waals surface area contributed by atoms with Crippen LogP contribution in [0.5, 0.6) is 0 Å². The first kappa shape index (κ1) is 22.0. The average molecular weight is 408 g/mol. The normalized spacial score (nSPS) is 14.7. The summed E-state index contributed by atoms with van der Waals surface area (Å²) in [6.45, 7) is 7.52. The zero-order valence-corrected chi connectivity index (χ0v) is 18.2. The molecule has 0 aliphatic heterocycles. The van der Waals surface area contributed by atoms with Gasteiger partial charge in [0.25, 0.3) is 0 Å². The second-order valence-electron chi connectivity index (χ2n) is 8.83. The van der Waals surface area contributed by atoms with Crippen LogP contribution in [0, 0.1) is 5.92 Å². The van der Waals surface area contributed by atoms with E-state index in [1.165, 1.54) is 5.56 Å². The molecule has 5 nitrogen and oxygen atoms in total. The molecular weight excluding hydrogens is 374 g/mol. The summed E-state index contributed by atoms with van der Waals surface area (Å²) in [5.41, 5.74) is 9.34. The van der Waals surface area contributed by atoms with Gasteiger partial charge < -0.3 is 11.1 Å². The Morgan fingerprint density at radius 3 is 2.13 bits per heavy atom. The minimum Gasteiger partial charge on any atom is -0.366 e. The number of nitrogens with one attached hydrogen (secondary N) is 1. The van der Waals surface area contributed by atoms with E-state index in [4.69, 9.17) is 5.73 Å². The molecule has 1 unspecified atom stereocenters. The van der Waals surface area contributed by atoms with Gasteiger partial charge in [-0.1, -0.05) is 50.2 Å². The van der Waals surface area contributed by atoms with Gasteiger partial charge in [-0.15, -0.1) is 0 Å². The highest BCUT2D eigenvalue weighted by Crippen LogP contribution is 2.28. The third-order valence-electron chi connectivity index (χ3n) is 5.54. The molecule has 30 heavy (non-hydrogen) atoms. The van der Waals surface area contributed by atoms with Crippen LogP contribution in [-0.4, -0.2) is 29.3 Å². The minimum atomic E-state index is -0.425. The van der Waals surface area contributed by atoms with Gasteiger partial charge in [0, 0.05) is 18.2 Å². The Balaban J connectivity index is 1.55.